The standard InChI is InChI=1S/C16H22NO.3C4H9.Sn/c1-3-6-13(4-2)17-14-10-9-12-7-5-8-16(18)15(12)11-14;3*1-3-4-2;/h2,4-5,7-8,13-14,17-18H,3,6,9-11H2,1H3;3*1,3-4H2,2H3;. The van der Waals surface area contributed by atoms with Crippen LogP contribution in [-0.4, -0.2) is 35.6 Å². The van der Waals surface area contributed by atoms with E-state index in [4.69, 9.17) is 0 Å². The van der Waals surface area contributed by atoms with Crippen LogP contribution in [0.2, 0.25) is 13.3 Å². The molecule has 0 fully saturated rings. The molecule has 2 unspecified atom stereocenters. The van der Waals surface area contributed by atoms with Gasteiger partial charge in [0, 0.05) is 0 Å². The molecule has 0 saturated carbocycles. The van der Waals surface area contributed by atoms with E-state index in [1.54, 1.807) is 13.3 Å². The molecule has 1 aliphatic carbocycles. The number of benzene rings is 1. The molecule has 0 amide bonds. The van der Waals surface area contributed by atoms with E-state index in [9.17, 15) is 5.11 Å². The van der Waals surface area contributed by atoms with E-state index in [-0.39, 0.29) is 0 Å². The van der Waals surface area contributed by atoms with Crippen molar-refractivity contribution in [2.45, 2.75) is 124 Å². The number of unbranched alkanes of at least 4 members (excludes halogenated alkanes) is 3. The molecule has 0 aromatic heterocycles. The first kappa shape index (κ1) is 26.8. The number of fused-ring (bicyclic) bond motifs is 1. The van der Waals surface area contributed by atoms with Crippen LogP contribution in [0, 0.1) is 0 Å². The van der Waals surface area contributed by atoms with Gasteiger partial charge in [0.1, 0.15) is 0 Å². The Morgan fingerprint density at radius 1 is 1.00 bits per heavy atom. The molecule has 1 aromatic carbocycles. The zero-order valence-electron chi connectivity index (χ0n) is 20.9. The average Bonchev–Trinajstić information content (AvgIpc) is 2.78. The third-order valence-corrected chi connectivity index (χ3v) is 21.4. The summed E-state index contributed by atoms with van der Waals surface area (Å²) in [6, 6.07) is 6.99. The molecule has 1 aliphatic rings. The van der Waals surface area contributed by atoms with E-state index in [0.717, 1.165) is 12.8 Å². The predicted molar refractivity (Wildman–Crippen MR) is 140 cm³/mol. The van der Waals surface area contributed by atoms with E-state index in [1.807, 2.05) is 12.1 Å². The molecule has 2 N–H and O–H groups in total. The average molecular weight is 534 g/mol. The SMILES string of the molecule is CCC[CH2][Sn](/[CH]=C/C(CCC)NC1CCc2cccc(O)c2C1)([CH2]CCC)[CH2]CCC. The van der Waals surface area contributed by atoms with E-state index >= 15 is 0 Å². The topological polar surface area (TPSA) is 32.3 Å². The summed E-state index contributed by atoms with van der Waals surface area (Å²) < 4.78 is 7.48. The monoisotopic (exact) mass is 535 g/mol. The van der Waals surface area contributed by atoms with Crippen LogP contribution in [0.3, 0.4) is 0 Å². The van der Waals surface area contributed by atoms with Crippen molar-refractivity contribution in [2.24, 2.45) is 0 Å². The van der Waals surface area contributed by atoms with Gasteiger partial charge >= 0.3 is 198 Å². The molecule has 31 heavy (non-hydrogen) atoms. The van der Waals surface area contributed by atoms with Crippen LogP contribution in [0.15, 0.2) is 28.4 Å². The van der Waals surface area contributed by atoms with Crippen molar-refractivity contribution in [2.75, 3.05) is 0 Å². The van der Waals surface area contributed by atoms with Crippen molar-refractivity contribution in [3.63, 3.8) is 0 Å². The van der Waals surface area contributed by atoms with Gasteiger partial charge in [0.15, 0.2) is 0 Å². The third kappa shape index (κ3) is 8.76. The number of hydrogen-bond donors (Lipinski definition) is 2. The molecule has 176 valence electrons. The Hall–Kier alpha value is -0.481. The summed E-state index contributed by atoms with van der Waals surface area (Å²) in [6.45, 7) is 9.39. The van der Waals surface area contributed by atoms with Crippen molar-refractivity contribution in [1.29, 1.82) is 0 Å². The van der Waals surface area contributed by atoms with Crippen LogP contribution in [0.1, 0.15) is 96.6 Å². The second kappa shape index (κ2) is 14.6. The summed E-state index contributed by atoms with van der Waals surface area (Å²) in [5.74, 6) is 0.487. The number of phenols is 1. The first-order valence-corrected chi connectivity index (χ1v) is 21.0. The maximum absolute atomic E-state index is 10.3. The maximum atomic E-state index is 10.3. The molecule has 0 spiro atoms. The van der Waals surface area contributed by atoms with Crippen molar-refractivity contribution in [3.8, 4) is 5.75 Å². The Morgan fingerprint density at radius 2 is 1.65 bits per heavy atom. The summed E-state index contributed by atoms with van der Waals surface area (Å²) in [6.07, 6.45) is 16.6. The van der Waals surface area contributed by atoms with Gasteiger partial charge in [0.2, 0.25) is 0 Å². The molecule has 0 saturated heterocycles. The van der Waals surface area contributed by atoms with Crippen molar-refractivity contribution in [3.05, 3.63) is 39.5 Å². The molecule has 2 rings (SSSR count). The first-order valence-electron chi connectivity index (χ1n) is 13.3. The van der Waals surface area contributed by atoms with E-state index in [0.29, 0.717) is 17.8 Å². The molecule has 0 aliphatic heterocycles. The van der Waals surface area contributed by atoms with Crippen LogP contribution >= 0.6 is 0 Å². The molecule has 0 radical (unpaired) electrons. The number of aromatic hydroxyl groups is 1. The quantitative estimate of drug-likeness (QED) is 0.224. The van der Waals surface area contributed by atoms with Gasteiger partial charge in [-0.05, 0) is 0 Å². The molecular formula is C28H49NOSn. The Bertz CT molecular complexity index is 635. The van der Waals surface area contributed by atoms with E-state index in [2.05, 4.69) is 49.2 Å². The summed E-state index contributed by atoms with van der Waals surface area (Å²) in [7, 11) is 0. The van der Waals surface area contributed by atoms with Crippen LogP contribution in [0.4, 0.5) is 0 Å². The molecule has 0 bridgehead atoms. The fraction of sp³-hybridized carbons (Fsp3) is 0.714. The minimum atomic E-state index is -2.23. The second-order valence-electron chi connectivity index (χ2n) is 9.95. The summed E-state index contributed by atoms with van der Waals surface area (Å²) >= 11 is -2.23. The Labute approximate surface area is 197 Å². The van der Waals surface area contributed by atoms with Crippen LogP contribution in [-0.2, 0) is 12.8 Å². The molecular weight excluding hydrogens is 485 g/mol. The van der Waals surface area contributed by atoms with Gasteiger partial charge in [0.05, 0.1) is 0 Å². The van der Waals surface area contributed by atoms with Crippen molar-refractivity contribution in [1.82, 2.24) is 5.32 Å². The third-order valence-electron chi connectivity index (χ3n) is 7.28. The normalized spacial score (nSPS) is 17.7. The van der Waals surface area contributed by atoms with Gasteiger partial charge in [-0.15, -0.1) is 0 Å². The van der Waals surface area contributed by atoms with Gasteiger partial charge in [-0.25, -0.2) is 0 Å². The van der Waals surface area contributed by atoms with E-state index < -0.39 is 18.4 Å². The molecule has 2 nitrogen and oxygen atoms in total. The first-order chi connectivity index (χ1) is 15.1. The molecule has 0 heterocycles. The Balaban J connectivity index is 2.12. The molecule has 2 atom stereocenters. The number of nitrogens with one attached hydrogen (secondary N) is 1. The van der Waals surface area contributed by atoms with Crippen LogP contribution in [0.5, 0.6) is 5.75 Å². The van der Waals surface area contributed by atoms with Gasteiger partial charge < -0.3 is 0 Å². The number of aryl methyl sites for hydroxylation is 1. The summed E-state index contributed by atoms with van der Waals surface area (Å²) in [5, 5.41) is 14.3. The fourth-order valence-electron chi connectivity index (χ4n) is 5.29. The zero-order valence-corrected chi connectivity index (χ0v) is 23.7. The number of rotatable bonds is 15. The van der Waals surface area contributed by atoms with Gasteiger partial charge in [-0.1, -0.05) is 0 Å². The van der Waals surface area contributed by atoms with Crippen LogP contribution in [0.25, 0.3) is 0 Å². The summed E-state index contributed by atoms with van der Waals surface area (Å²) in [5.41, 5.74) is 2.52. The molecule has 3 heteroatoms. The predicted octanol–water partition coefficient (Wildman–Crippen LogP) is 7.95. The zero-order chi connectivity index (χ0) is 22.5. The van der Waals surface area contributed by atoms with Gasteiger partial charge in [0.25, 0.3) is 0 Å². The Kier molecular flexibility index (Phi) is 12.6. The van der Waals surface area contributed by atoms with E-state index in [1.165, 1.54) is 68.9 Å². The van der Waals surface area contributed by atoms with Crippen LogP contribution < -0.4 is 5.32 Å². The second-order valence-corrected chi connectivity index (χ2v) is 23.0. The van der Waals surface area contributed by atoms with Gasteiger partial charge in [-0.2, -0.15) is 0 Å². The fourth-order valence-corrected chi connectivity index (χ4v) is 19.7. The number of phenolic OH excluding ortho intramolecular Hbond substituents is 1. The molecule has 1 aromatic rings. The number of hydrogen-bond acceptors (Lipinski definition) is 2. The van der Waals surface area contributed by atoms with Crippen molar-refractivity contribution < 1.29 is 5.11 Å². The minimum absolute atomic E-state index is 0.480. The van der Waals surface area contributed by atoms with Gasteiger partial charge in [-0.3, -0.25) is 0 Å². The Morgan fingerprint density at radius 3 is 2.23 bits per heavy atom. The summed E-state index contributed by atoms with van der Waals surface area (Å²) in [4.78, 5) is 0. The van der Waals surface area contributed by atoms with Crippen molar-refractivity contribution >= 4 is 18.4 Å².